The molecule has 195 valence electrons. The van der Waals surface area contributed by atoms with Crippen molar-refractivity contribution in [3.05, 3.63) is 114 Å². The molecule has 7 rings (SSSR count). The van der Waals surface area contributed by atoms with E-state index in [0.717, 1.165) is 16.8 Å². The summed E-state index contributed by atoms with van der Waals surface area (Å²) in [6.07, 6.45) is 1.17. The van der Waals surface area contributed by atoms with Gasteiger partial charge in [0.2, 0.25) is 0 Å². The zero-order valence-corrected chi connectivity index (χ0v) is 24.7. The minimum atomic E-state index is -0.125. The van der Waals surface area contributed by atoms with Crippen LogP contribution in [0.25, 0.3) is 55.5 Å². The number of fused-ring (bicyclic) bond motifs is 6. The van der Waals surface area contributed by atoms with E-state index in [4.69, 9.17) is 10.1 Å². The van der Waals surface area contributed by atoms with Crippen molar-refractivity contribution in [1.82, 2.24) is 4.98 Å². The number of ketones is 1. The monoisotopic (exact) mass is 687 g/mol. The summed E-state index contributed by atoms with van der Waals surface area (Å²) in [4.78, 5) is 15.1. The summed E-state index contributed by atoms with van der Waals surface area (Å²) < 4.78 is 0. The number of hydrogen-bond acceptors (Lipinski definition) is 3. The molecule has 1 radical (unpaired) electrons. The van der Waals surface area contributed by atoms with E-state index in [-0.39, 0.29) is 37.1 Å². The second-order valence-corrected chi connectivity index (χ2v) is 10.5. The second kappa shape index (κ2) is 10.0. The van der Waals surface area contributed by atoms with Crippen LogP contribution >= 0.6 is 0 Å². The van der Waals surface area contributed by atoms with Crippen molar-refractivity contribution >= 4 is 16.7 Å². The molecular formula is C35H28IrNO2-. The summed E-state index contributed by atoms with van der Waals surface area (Å²) in [6, 6.07) is 34.2. The van der Waals surface area contributed by atoms with E-state index in [1.54, 1.807) is 0 Å². The maximum atomic E-state index is 10.0. The first-order chi connectivity index (χ1) is 18.3. The minimum Gasteiger partial charge on any atom is -0.512 e. The third kappa shape index (κ3) is 4.44. The first-order valence-corrected chi connectivity index (χ1v) is 12.8. The molecule has 0 bridgehead atoms. The van der Waals surface area contributed by atoms with Crippen LogP contribution in [0.4, 0.5) is 0 Å². The molecule has 2 aliphatic rings. The van der Waals surface area contributed by atoms with E-state index in [0.29, 0.717) is 0 Å². The van der Waals surface area contributed by atoms with E-state index in [9.17, 15) is 4.79 Å². The molecule has 0 saturated carbocycles. The molecule has 0 fully saturated rings. The van der Waals surface area contributed by atoms with Crippen LogP contribution in [0, 0.1) is 6.07 Å². The van der Waals surface area contributed by atoms with Gasteiger partial charge in [0.25, 0.3) is 0 Å². The number of allylic oxidation sites excluding steroid dienone is 2. The summed E-state index contributed by atoms with van der Waals surface area (Å²) in [5.41, 5.74) is 13.6. The quantitative estimate of drug-likeness (QED) is 0.113. The second-order valence-electron chi connectivity index (χ2n) is 10.5. The van der Waals surface area contributed by atoms with Crippen LogP contribution in [0.1, 0.15) is 38.8 Å². The summed E-state index contributed by atoms with van der Waals surface area (Å²) in [5, 5.41) is 9.63. The fourth-order valence-electron chi connectivity index (χ4n) is 5.90. The molecule has 0 aliphatic heterocycles. The van der Waals surface area contributed by atoms with Crippen molar-refractivity contribution in [2.75, 3.05) is 0 Å². The molecule has 0 spiro atoms. The van der Waals surface area contributed by atoms with Crippen LogP contribution in [0.5, 0.6) is 0 Å². The molecule has 1 aromatic heterocycles. The Kier molecular flexibility index (Phi) is 6.88. The number of rotatable bonds is 2. The molecule has 2 aliphatic carbocycles. The van der Waals surface area contributed by atoms with Crippen LogP contribution in [-0.4, -0.2) is 15.9 Å². The minimum absolute atomic E-state index is 0. The van der Waals surface area contributed by atoms with E-state index >= 15 is 0 Å². The molecule has 0 amide bonds. The van der Waals surface area contributed by atoms with Crippen LogP contribution in [0.3, 0.4) is 0 Å². The van der Waals surface area contributed by atoms with Crippen molar-refractivity contribution in [3.63, 3.8) is 0 Å². The van der Waals surface area contributed by atoms with Gasteiger partial charge in [0, 0.05) is 31.6 Å². The molecule has 0 atom stereocenters. The summed E-state index contributed by atoms with van der Waals surface area (Å²) in [6.45, 7) is 7.48. The van der Waals surface area contributed by atoms with E-state index in [2.05, 4.69) is 105 Å². The predicted octanol–water partition coefficient (Wildman–Crippen LogP) is 8.69. The fourth-order valence-corrected chi connectivity index (χ4v) is 5.90. The summed E-state index contributed by atoms with van der Waals surface area (Å²) in [5.74, 6) is -0.0625. The number of aliphatic hydroxyl groups excluding tert-OH is 1. The molecule has 1 N–H and O–H groups in total. The number of carbonyl (C=O) groups is 1. The standard InChI is InChI=1S/C30H20N.C5H8O2.Ir/c1-30(2)25-12-6-5-10-21(25)22-15-14-18(16-26(22)30)28-17-24-20-9-4-3-8-19(20)23-11-7-13-27(31-28)29(23)24;1-4(6)3-5(2)7;/h3-13,15-17H,1-2H3;3,6H,1-2H3;/q-1;;/b;4-3-;. The van der Waals surface area contributed by atoms with Gasteiger partial charge < -0.3 is 5.11 Å². The van der Waals surface area contributed by atoms with Crippen molar-refractivity contribution in [2.45, 2.75) is 33.1 Å². The van der Waals surface area contributed by atoms with Gasteiger partial charge in [0.1, 0.15) is 0 Å². The Morgan fingerprint density at radius 2 is 1.44 bits per heavy atom. The van der Waals surface area contributed by atoms with Gasteiger partial charge in [-0.3, -0.25) is 9.78 Å². The Balaban J connectivity index is 0.000000345. The average molecular weight is 687 g/mol. The normalized spacial score (nSPS) is 13.5. The van der Waals surface area contributed by atoms with Gasteiger partial charge in [0.15, 0.2) is 5.78 Å². The van der Waals surface area contributed by atoms with Crippen LogP contribution in [-0.2, 0) is 30.3 Å². The molecule has 1 heterocycles. The number of nitrogens with zero attached hydrogens (tertiary/aromatic N) is 1. The van der Waals surface area contributed by atoms with Crippen molar-refractivity contribution in [3.8, 4) is 44.6 Å². The van der Waals surface area contributed by atoms with Gasteiger partial charge in [-0.05, 0) is 58.8 Å². The van der Waals surface area contributed by atoms with E-state index in [1.165, 1.54) is 69.8 Å². The molecule has 4 aromatic carbocycles. The zero-order chi connectivity index (χ0) is 26.6. The predicted molar refractivity (Wildman–Crippen MR) is 155 cm³/mol. The van der Waals surface area contributed by atoms with E-state index < -0.39 is 0 Å². The molecule has 39 heavy (non-hydrogen) atoms. The largest absolute Gasteiger partial charge is 0.512 e. The van der Waals surface area contributed by atoms with Gasteiger partial charge in [-0.1, -0.05) is 91.7 Å². The van der Waals surface area contributed by atoms with Crippen molar-refractivity contribution in [1.29, 1.82) is 0 Å². The smallest absolute Gasteiger partial charge is 0.155 e. The number of pyridine rings is 1. The van der Waals surface area contributed by atoms with Crippen molar-refractivity contribution < 1.29 is 30.0 Å². The fraction of sp³-hybridized carbons (Fsp3) is 0.143. The molecular weight excluding hydrogens is 659 g/mol. The first kappa shape index (κ1) is 26.7. The zero-order valence-electron chi connectivity index (χ0n) is 22.3. The molecule has 3 nitrogen and oxygen atoms in total. The molecule has 4 heteroatoms. The molecule has 0 unspecified atom stereocenters. The Labute approximate surface area is 242 Å². The van der Waals surface area contributed by atoms with Gasteiger partial charge >= 0.3 is 0 Å². The Hall–Kier alpha value is -3.85. The van der Waals surface area contributed by atoms with Crippen LogP contribution < -0.4 is 0 Å². The number of hydrogen-bond donors (Lipinski definition) is 1. The van der Waals surface area contributed by atoms with Gasteiger partial charge in [0.05, 0.1) is 11.3 Å². The number of aromatic nitrogens is 1. The Bertz CT molecular complexity index is 1790. The Morgan fingerprint density at radius 3 is 2.10 bits per heavy atom. The first-order valence-electron chi connectivity index (χ1n) is 12.8. The summed E-state index contributed by atoms with van der Waals surface area (Å²) >= 11 is 0. The number of benzene rings is 4. The van der Waals surface area contributed by atoms with Gasteiger partial charge in [-0.15, -0.1) is 29.3 Å². The van der Waals surface area contributed by atoms with E-state index in [1.807, 2.05) is 0 Å². The number of carbonyl (C=O) groups excluding carboxylic acids is 1. The van der Waals surface area contributed by atoms with Gasteiger partial charge in [-0.25, -0.2) is 0 Å². The maximum absolute atomic E-state index is 10.0. The maximum Gasteiger partial charge on any atom is 0.155 e. The third-order valence-electron chi connectivity index (χ3n) is 7.54. The average Bonchev–Trinajstić information content (AvgIpc) is 3.34. The topological polar surface area (TPSA) is 50.2 Å². The van der Waals surface area contributed by atoms with Crippen molar-refractivity contribution in [2.24, 2.45) is 0 Å². The summed E-state index contributed by atoms with van der Waals surface area (Å²) in [7, 11) is 0. The van der Waals surface area contributed by atoms with Crippen LogP contribution in [0.15, 0.2) is 96.8 Å². The molecule has 5 aromatic rings. The SMILES string of the molecule is CC(=O)/C=C(/C)O.CC1(C)c2ccccc2-c2c[c-]c(-c3cc4c5c(cccc5n3)-c3ccccc3-4)cc21.[Ir]. The Morgan fingerprint density at radius 1 is 0.795 bits per heavy atom. The number of aliphatic hydroxyl groups is 1. The van der Waals surface area contributed by atoms with Gasteiger partial charge in [-0.2, -0.15) is 0 Å². The third-order valence-corrected chi connectivity index (χ3v) is 7.54. The van der Waals surface area contributed by atoms with Crippen LogP contribution in [0.2, 0.25) is 0 Å². The molecule has 0 saturated heterocycles.